The number of hydrogen-bond acceptors (Lipinski definition) is 4. The normalized spacial score (nSPS) is 12.9. The molecule has 0 unspecified atom stereocenters. The zero-order valence-corrected chi connectivity index (χ0v) is 16.1. The maximum absolute atomic E-state index is 12.5. The van der Waals surface area contributed by atoms with Crippen LogP contribution >= 0.6 is 0 Å². The molecule has 3 aromatic rings. The van der Waals surface area contributed by atoms with Gasteiger partial charge in [0.1, 0.15) is 18.3 Å². The number of aryl methyl sites for hydroxylation is 1. The van der Waals surface area contributed by atoms with Crippen LogP contribution in [0.3, 0.4) is 0 Å². The highest BCUT2D eigenvalue weighted by Crippen LogP contribution is 2.28. The van der Waals surface area contributed by atoms with Crippen molar-refractivity contribution in [1.82, 2.24) is 24.6 Å². The molecule has 1 atom stereocenters. The third kappa shape index (κ3) is 4.07. The smallest absolute Gasteiger partial charge is 0.264 e. The lowest BCUT2D eigenvalue weighted by atomic mass is 9.79. The van der Waals surface area contributed by atoms with Crippen molar-refractivity contribution in [2.24, 2.45) is 7.05 Å². The molecular formula is C20H25N5O2. The van der Waals surface area contributed by atoms with Gasteiger partial charge in [-0.2, -0.15) is 5.10 Å². The van der Waals surface area contributed by atoms with Gasteiger partial charge in [-0.15, -0.1) is 0 Å². The van der Waals surface area contributed by atoms with Crippen LogP contribution < -0.4 is 10.9 Å². The summed E-state index contributed by atoms with van der Waals surface area (Å²) in [5.41, 5.74) is 1.41. The molecular weight excluding hydrogens is 342 g/mol. The highest BCUT2D eigenvalue weighted by atomic mass is 16.2. The molecule has 0 aliphatic carbocycles. The molecule has 0 radical (unpaired) electrons. The predicted molar refractivity (Wildman–Crippen MR) is 104 cm³/mol. The Balaban J connectivity index is 1.65. The second kappa shape index (κ2) is 7.34. The zero-order chi connectivity index (χ0) is 19.6. The van der Waals surface area contributed by atoms with E-state index in [1.807, 2.05) is 25.1 Å². The van der Waals surface area contributed by atoms with Gasteiger partial charge in [0.25, 0.3) is 5.56 Å². The summed E-state index contributed by atoms with van der Waals surface area (Å²) in [5, 5.41) is 7.43. The summed E-state index contributed by atoms with van der Waals surface area (Å²) in [7, 11) is 1.72. The van der Waals surface area contributed by atoms with Crippen LogP contribution in [-0.2, 0) is 23.8 Å². The molecule has 0 bridgehead atoms. The maximum Gasteiger partial charge on any atom is 0.264 e. The number of amides is 1. The van der Waals surface area contributed by atoms with E-state index < -0.39 is 0 Å². The van der Waals surface area contributed by atoms with E-state index >= 15 is 0 Å². The summed E-state index contributed by atoms with van der Waals surface area (Å²) < 4.78 is 2.85. The fraction of sp³-hybridized carbons (Fsp3) is 0.400. The van der Waals surface area contributed by atoms with Gasteiger partial charge in [-0.3, -0.25) is 18.8 Å². The zero-order valence-electron chi connectivity index (χ0n) is 16.1. The van der Waals surface area contributed by atoms with Crippen LogP contribution in [0.5, 0.6) is 0 Å². The first-order valence-corrected chi connectivity index (χ1v) is 9.00. The van der Waals surface area contributed by atoms with Crippen molar-refractivity contribution in [3.05, 3.63) is 58.8 Å². The second-order valence-electron chi connectivity index (χ2n) is 7.61. The molecule has 3 rings (SSSR count). The molecule has 1 aromatic carbocycles. The topological polar surface area (TPSA) is 81.8 Å². The van der Waals surface area contributed by atoms with E-state index in [0.717, 1.165) is 6.42 Å². The van der Waals surface area contributed by atoms with Crippen LogP contribution in [0.2, 0.25) is 0 Å². The van der Waals surface area contributed by atoms with E-state index in [-0.39, 0.29) is 29.5 Å². The Morgan fingerprint density at radius 2 is 1.96 bits per heavy atom. The van der Waals surface area contributed by atoms with Crippen LogP contribution in [0.15, 0.2) is 47.7 Å². The van der Waals surface area contributed by atoms with Crippen molar-refractivity contribution < 1.29 is 4.79 Å². The maximum atomic E-state index is 12.5. The van der Waals surface area contributed by atoms with Gasteiger partial charge in [0.05, 0.1) is 6.20 Å². The molecule has 0 saturated heterocycles. The molecule has 1 N–H and O–H groups in total. The molecule has 142 valence electrons. The number of carbonyl (C=O) groups is 1. The highest BCUT2D eigenvalue weighted by molar-refractivity contribution is 5.77. The molecule has 1 amide bonds. The summed E-state index contributed by atoms with van der Waals surface area (Å²) in [6.45, 7) is 6.24. The second-order valence-corrected chi connectivity index (χ2v) is 7.61. The van der Waals surface area contributed by atoms with Gasteiger partial charge in [-0.05, 0) is 24.3 Å². The fourth-order valence-corrected chi connectivity index (χ4v) is 3.48. The van der Waals surface area contributed by atoms with Gasteiger partial charge >= 0.3 is 0 Å². The number of hydrogen-bond donors (Lipinski definition) is 1. The van der Waals surface area contributed by atoms with E-state index in [4.69, 9.17) is 0 Å². The van der Waals surface area contributed by atoms with Gasteiger partial charge in [0.15, 0.2) is 5.65 Å². The highest BCUT2D eigenvalue weighted by Gasteiger charge is 2.24. The summed E-state index contributed by atoms with van der Waals surface area (Å²) in [6.07, 6.45) is 3.66. The first kappa shape index (κ1) is 18.8. The molecule has 0 aliphatic heterocycles. The van der Waals surface area contributed by atoms with Crippen molar-refractivity contribution in [2.75, 3.05) is 0 Å². The molecule has 7 heteroatoms. The van der Waals surface area contributed by atoms with Crippen LogP contribution in [0.4, 0.5) is 0 Å². The predicted octanol–water partition coefficient (Wildman–Crippen LogP) is 2.00. The quantitative estimate of drug-likeness (QED) is 0.722. The van der Waals surface area contributed by atoms with Gasteiger partial charge in [0.2, 0.25) is 5.91 Å². The third-order valence-corrected chi connectivity index (χ3v) is 4.81. The van der Waals surface area contributed by atoms with E-state index in [2.05, 4.69) is 41.4 Å². The SMILES string of the molecule is C[C@H](CC(C)(C)c1ccccc1)NC(=O)Cn1cnc2c(cnn2C)c1=O. The third-order valence-electron chi connectivity index (χ3n) is 4.81. The minimum Gasteiger partial charge on any atom is -0.352 e. The van der Waals surface area contributed by atoms with Crippen molar-refractivity contribution in [3.8, 4) is 0 Å². The van der Waals surface area contributed by atoms with Crippen LogP contribution in [-0.4, -0.2) is 31.3 Å². The number of carbonyl (C=O) groups excluding carboxylic acids is 1. The molecule has 27 heavy (non-hydrogen) atoms. The summed E-state index contributed by atoms with van der Waals surface area (Å²) in [6, 6.07) is 10.2. The largest absolute Gasteiger partial charge is 0.352 e. The van der Waals surface area contributed by atoms with Crippen molar-refractivity contribution in [2.45, 2.75) is 45.2 Å². The Morgan fingerprint density at radius 3 is 2.67 bits per heavy atom. The lowest BCUT2D eigenvalue weighted by Gasteiger charge is -2.29. The Kier molecular flexibility index (Phi) is 5.12. The number of rotatable bonds is 6. The van der Waals surface area contributed by atoms with E-state index in [9.17, 15) is 9.59 Å². The molecule has 0 fully saturated rings. The van der Waals surface area contributed by atoms with Gasteiger partial charge in [-0.25, -0.2) is 4.98 Å². The van der Waals surface area contributed by atoms with E-state index in [1.54, 1.807) is 7.05 Å². The molecule has 7 nitrogen and oxygen atoms in total. The van der Waals surface area contributed by atoms with Crippen molar-refractivity contribution in [3.63, 3.8) is 0 Å². The molecule has 0 saturated carbocycles. The van der Waals surface area contributed by atoms with Crippen molar-refractivity contribution in [1.29, 1.82) is 0 Å². The van der Waals surface area contributed by atoms with Gasteiger partial charge in [-0.1, -0.05) is 44.2 Å². The number of benzene rings is 1. The summed E-state index contributed by atoms with van der Waals surface area (Å²) in [5.74, 6) is -0.210. The lowest BCUT2D eigenvalue weighted by molar-refractivity contribution is -0.122. The summed E-state index contributed by atoms with van der Waals surface area (Å²) >= 11 is 0. The van der Waals surface area contributed by atoms with E-state index in [1.165, 1.54) is 27.3 Å². The van der Waals surface area contributed by atoms with Crippen LogP contribution in [0.1, 0.15) is 32.8 Å². The number of nitrogens with one attached hydrogen (secondary N) is 1. The minimum atomic E-state index is -0.263. The lowest BCUT2D eigenvalue weighted by Crippen LogP contribution is -2.40. The number of nitrogens with zero attached hydrogens (tertiary/aromatic N) is 4. The average molecular weight is 367 g/mol. The Bertz CT molecular complexity index is 1000. The Hall–Kier alpha value is -2.96. The monoisotopic (exact) mass is 367 g/mol. The van der Waals surface area contributed by atoms with Crippen molar-refractivity contribution >= 4 is 16.9 Å². The Labute approximate surface area is 158 Å². The van der Waals surface area contributed by atoms with Gasteiger partial charge < -0.3 is 5.32 Å². The van der Waals surface area contributed by atoms with Crippen LogP contribution in [0.25, 0.3) is 11.0 Å². The Morgan fingerprint density at radius 1 is 1.26 bits per heavy atom. The summed E-state index contributed by atoms with van der Waals surface area (Å²) in [4.78, 5) is 29.1. The number of fused-ring (bicyclic) bond motifs is 1. The molecule has 0 spiro atoms. The van der Waals surface area contributed by atoms with Crippen LogP contribution in [0, 0.1) is 0 Å². The first-order valence-electron chi connectivity index (χ1n) is 9.00. The minimum absolute atomic E-state index is 0.0292. The standard InChI is InChI=1S/C20H25N5O2/c1-14(10-20(2,3)15-8-6-5-7-9-15)23-17(26)12-25-13-21-18-16(19(25)27)11-22-24(18)4/h5-9,11,13-14H,10,12H2,1-4H3,(H,23,26)/t14-/m1/s1. The fourth-order valence-electron chi connectivity index (χ4n) is 3.48. The first-order chi connectivity index (χ1) is 12.8. The van der Waals surface area contributed by atoms with Gasteiger partial charge in [0, 0.05) is 13.1 Å². The average Bonchev–Trinajstić information content (AvgIpc) is 2.99. The molecule has 2 aromatic heterocycles. The number of aromatic nitrogens is 4. The molecule has 0 aliphatic rings. The van der Waals surface area contributed by atoms with E-state index in [0.29, 0.717) is 11.0 Å². The molecule has 2 heterocycles.